The van der Waals surface area contributed by atoms with Gasteiger partial charge < -0.3 is 9.13 Å². The SMILES string of the molecule is Cc1ccc(/C(=C\c2ccc(C3(c4ccc(/C=C(\c5ccc(C)cc5)c5ccc6c(c5)c5ccccc5n6C)cc4)c4ccccc4-c4ccccc43)cc2)c2ccc3c(c2)c2ccccc2n3C)cc1. The van der Waals surface area contributed by atoms with Gasteiger partial charge in [-0.25, -0.2) is 0 Å². The maximum absolute atomic E-state index is 2.38. The molecule has 0 atom stereocenters. The first kappa shape index (κ1) is 42.4. The van der Waals surface area contributed by atoms with Crippen molar-refractivity contribution in [3.05, 3.63) is 297 Å². The molecular formula is C69H52N2. The zero-order chi connectivity index (χ0) is 47.8. The number of hydrogen-bond acceptors (Lipinski definition) is 0. The number of para-hydroxylation sites is 2. The van der Waals surface area contributed by atoms with Gasteiger partial charge in [-0.2, -0.15) is 0 Å². The summed E-state index contributed by atoms with van der Waals surface area (Å²) in [5.41, 5.74) is 24.1. The minimum absolute atomic E-state index is 0.532. The molecule has 0 saturated carbocycles. The highest BCUT2D eigenvalue weighted by atomic mass is 14.9. The lowest BCUT2D eigenvalue weighted by atomic mass is 9.67. The molecule has 0 saturated heterocycles. The number of aromatic nitrogens is 2. The molecule has 2 heterocycles. The van der Waals surface area contributed by atoms with Gasteiger partial charge in [-0.05, 0) is 140 Å². The molecule has 338 valence electrons. The van der Waals surface area contributed by atoms with E-state index in [2.05, 4.69) is 280 Å². The third kappa shape index (κ3) is 6.85. The van der Waals surface area contributed by atoms with Gasteiger partial charge in [0.15, 0.2) is 0 Å². The molecule has 2 aromatic heterocycles. The smallest absolute Gasteiger partial charge is 0.0713 e. The minimum atomic E-state index is -0.532. The molecule has 0 unspecified atom stereocenters. The van der Waals surface area contributed by atoms with Gasteiger partial charge in [0.25, 0.3) is 0 Å². The highest BCUT2D eigenvalue weighted by Gasteiger charge is 2.45. The lowest BCUT2D eigenvalue weighted by Gasteiger charge is -2.34. The number of hydrogen-bond donors (Lipinski definition) is 0. The lowest BCUT2D eigenvalue weighted by molar-refractivity contribution is 0.768. The summed E-state index contributed by atoms with van der Waals surface area (Å²) in [5, 5.41) is 5.09. The lowest BCUT2D eigenvalue weighted by Crippen LogP contribution is -2.28. The fourth-order valence-electron chi connectivity index (χ4n) is 11.8. The standard InChI is InChI=1S/C69H52N2/c1-45-21-29-49(30-22-45)59(51-33-39-67-61(43-51)57-15-7-11-19-65(57)70(67)3)41-47-25-35-53(36-26-47)69(63-17-9-5-13-55(63)56-14-6-10-18-64(56)69)54-37-27-48(28-38-54)42-60(50-31-23-46(2)24-32-50)52-34-40-68-62(44-52)58-16-8-12-20-66(58)71(68)4/h5-44H,1-4H3/b59-41+,60-42+. The Kier molecular flexibility index (Phi) is 10.0. The molecule has 2 heteroatoms. The zero-order valence-electron chi connectivity index (χ0n) is 40.5. The van der Waals surface area contributed by atoms with Crippen LogP contribution in [0, 0.1) is 13.8 Å². The van der Waals surface area contributed by atoms with Crippen molar-refractivity contribution in [3.8, 4) is 11.1 Å². The summed E-state index contributed by atoms with van der Waals surface area (Å²) in [4.78, 5) is 0. The van der Waals surface area contributed by atoms with E-state index in [-0.39, 0.29) is 0 Å². The van der Waals surface area contributed by atoms with Crippen molar-refractivity contribution in [3.63, 3.8) is 0 Å². The van der Waals surface area contributed by atoms with Crippen molar-refractivity contribution in [1.82, 2.24) is 9.13 Å². The van der Waals surface area contributed by atoms with Gasteiger partial charge in [0, 0.05) is 57.7 Å². The molecule has 12 aromatic rings. The van der Waals surface area contributed by atoms with Crippen molar-refractivity contribution >= 4 is 66.9 Å². The molecule has 0 bridgehead atoms. The third-order valence-corrected chi connectivity index (χ3v) is 15.4. The Morgan fingerprint density at radius 3 is 1.11 bits per heavy atom. The van der Waals surface area contributed by atoms with Crippen LogP contribution in [0.3, 0.4) is 0 Å². The number of benzene rings is 10. The summed E-state index contributed by atoms with van der Waals surface area (Å²) in [6.07, 6.45) is 4.74. The Labute approximate surface area is 415 Å². The van der Waals surface area contributed by atoms with Crippen LogP contribution in [0.25, 0.3) is 78.0 Å². The molecule has 1 aliphatic rings. The van der Waals surface area contributed by atoms with E-state index in [0.29, 0.717) is 0 Å². The van der Waals surface area contributed by atoms with Crippen LogP contribution in [0.1, 0.15) is 66.8 Å². The minimum Gasteiger partial charge on any atom is -0.344 e. The molecular weight excluding hydrogens is 857 g/mol. The summed E-state index contributed by atoms with van der Waals surface area (Å²) in [6.45, 7) is 4.31. The van der Waals surface area contributed by atoms with Crippen LogP contribution in [0.5, 0.6) is 0 Å². The molecule has 71 heavy (non-hydrogen) atoms. The molecule has 13 rings (SSSR count). The molecule has 1 aliphatic carbocycles. The first-order chi connectivity index (χ1) is 34.8. The fraction of sp³-hybridized carbons (Fsp3) is 0.0725. The molecule has 0 aliphatic heterocycles. The predicted molar refractivity (Wildman–Crippen MR) is 301 cm³/mol. The molecule has 2 nitrogen and oxygen atoms in total. The van der Waals surface area contributed by atoms with E-state index in [4.69, 9.17) is 0 Å². The molecule has 0 N–H and O–H groups in total. The topological polar surface area (TPSA) is 9.86 Å². The largest absolute Gasteiger partial charge is 0.344 e. The highest BCUT2D eigenvalue weighted by Crippen LogP contribution is 2.56. The van der Waals surface area contributed by atoms with Gasteiger partial charge in [0.2, 0.25) is 0 Å². The van der Waals surface area contributed by atoms with Crippen LogP contribution in [-0.2, 0) is 19.5 Å². The van der Waals surface area contributed by atoms with E-state index in [1.807, 2.05) is 0 Å². The molecule has 10 aromatic carbocycles. The van der Waals surface area contributed by atoms with Crippen LogP contribution in [0.15, 0.2) is 231 Å². The van der Waals surface area contributed by atoms with Gasteiger partial charge in [-0.1, -0.05) is 205 Å². The Morgan fingerprint density at radius 1 is 0.338 bits per heavy atom. The van der Waals surface area contributed by atoms with E-state index < -0.39 is 5.41 Å². The first-order valence-electron chi connectivity index (χ1n) is 24.8. The third-order valence-electron chi connectivity index (χ3n) is 15.4. The maximum Gasteiger partial charge on any atom is 0.0713 e. The summed E-state index contributed by atoms with van der Waals surface area (Å²) < 4.78 is 4.61. The second-order valence-electron chi connectivity index (χ2n) is 19.5. The summed E-state index contributed by atoms with van der Waals surface area (Å²) >= 11 is 0. The highest BCUT2D eigenvalue weighted by molar-refractivity contribution is 6.11. The molecule has 0 spiro atoms. The van der Waals surface area contributed by atoms with Crippen molar-refractivity contribution in [2.24, 2.45) is 14.1 Å². The normalized spacial score (nSPS) is 13.4. The maximum atomic E-state index is 2.38. The van der Waals surface area contributed by atoms with Crippen LogP contribution in [-0.4, -0.2) is 9.13 Å². The van der Waals surface area contributed by atoms with Gasteiger partial charge in [0.05, 0.1) is 5.41 Å². The molecule has 0 radical (unpaired) electrons. The Hall–Kier alpha value is -8.72. The van der Waals surface area contributed by atoms with E-state index in [0.717, 1.165) is 11.1 Å². The predicted octanol–water partition coefficient (Wildman–Crippen LogP) is 17.1. The average molecular weight is 909 g/mol. The van der Waals surface area contributed by atoms with Crippen LogP contribution < -0.4 is 0 Å². The summed E-state index contributed by atoms with van der Waals surface area (Å²) in [6, 6.07) is 86.1. The monoisotopic (exact) mass is 908 g/mol. The Bertz CT molecular complexity index is 3830. The van der Waals surface area contributed by atoms with Gasteiger partial charge in [-0.15, -0.1) is 0 Å². The van der Waals surface area contributed by atoms with E-state index in [1.165, 1.54) is 122 Å². The van der Waals surface area contributed by atoms with Gasteiger partial charge in [0.1, 0.15) is 0 Å². The van der Waals surface area contributed by atoms with Gasteiger partial charge >= 0.3 is 0 Å². The van der Waals surface area contributed by atoms with Crippen molar-refractivity contribution in [2.45, 2.75) is 19.3 Å². The summed E-state index contributed by atoms with van der Waals surface area (Å²) in [7, 11) is 4.33. The Morgan fingerprint density at radius 2 is 0.690 bits per heavy atom. The van der Waals surface area contributed by atoms with Crippen molar-refractivity contribution in [1.29, 1.82) is 0 Å². The Balaban J connectivity index is 0.943. The van der Waals surface area contributed by atoms with E-state index >= 15 is 0 Å². The van der Waals surface area contributed by atoms with Crippen molar-refractivity contribution in [2.75, 3.05) is 0 Å². The number of aryl methyl sites for hydroxylation is 4. The van der Waals surface area contributed by atoms with Crippen LogP contribution in [0.2, 0.25) is 0 Å². The average Bonchev–Trinajstić information content (AvgIpc) is 4.00. The molecule has 0 fully saturated rings. The fourth-order valence-corrected chi connectivity index (χ4v) is 11.8. The van der Waals surface area contributed by atoms with Crippen LogP contribution in [0.4, 0.5) is 0 Å². The second kappa shape index (κ2) is 16.8. The van der Waals surface area contributed by atoms with Crippen LogP contribution >= 0.6 is 0 Å². The summed E-state index contributed by atoms with van der Waals surface area (Å²) in [5.74, 6) is 0. The first-order valence-corrected chi connectivity index (χ1v) is 24.8. The molecule has 0 amide bonds. The van der Waals surface area contributed by atoms with E-state index in [9.17, 15) is 0 Å². The second-order valence-corrected chi connectivity index (χ2v) is 19.5. The quantitative estimate of drug-likeness (QED) is 0.134. The van der Waals surface area contributed by atoms with E-state index in [1.54, 1.807) is 0 Å². The number of nitrogens with zero attached hydrogens (tertiary/aromatic N) is 2. The van der Waals surface area contributed by atoms with Crippen molar-refractivity contribution < 1.29 is 0 Å². The number of fused-ring (bicyclic) bond motifs is 9. The zero-order valence-corrected chi connectivity index (χ0v) is 40.5. The number of rotatable bonds is 8. The van der Waals surface area contributed by atoms with Gasteiger partial charge in [-0.3, -0.25) is 0 Å².